The molecule has 2 N–H and O–H groups in total. The van der Waals surface area contributed by atoms with Gasteiger partial charge in [0.1, 0.15) is 0 Å². The van der Waals surface area contributed by atoms with Crippen molar-refractivity contribution < 1.29 is 39.1 Å². The summed E-state index contributed by atoms with van der Waals surface area (Å²) in [5, 5.41) is 40.9. The molecular formula is C18H16N2O10. The number of aliphatic carboxylic acids is 2. The molecule has 30 heavy (non-hydrogen) atoms. The first-order valence-corrected chi connectivity index (χ1v) is 8.35. The second-order valence-corrected chi connectivity index (χ2v) is 5.91. The van der Waals surface area contributed by atoms with E-state index < -0.39 is 47.2 Å². The molecule has 12 heteroatoms. The fraction of sp³-hybridized carbons (Fsp3) is 0.222. The van der Waals surface area contributed by atoms with E-state index in [1.807, 2.05) is 0 Å². The number of para-hydroxylation sites is 2. The van der Waals surface area contributed by atoms with E-state index >= 15 is 0 Å². The van der Waals surface area contributed by atoms with Crippen molar-refractivity contribution in [1.82, 2.24) is 0 Å². The number of nitro groups is 2. The average molecular weight is 420 g/mol. The highest BCUT2D eigenvalue weighted by Gasteiger charge is 2.36. The van der Waals surface area contributed by atoms with Gasteiger partial charge in [0.05, 0.1) is 34.2 Å². The molecule has 0 saturated heterocycles. The van der Waals surface area contributed by atoms with Crippen molar-refractivity contribution in [2.45, 2.75) is 25.4 Å². The molecule has 0 aliphatic rings. The van der Waals surface area contributed by atoms with Crippen LogP contribution in [0.2, 0.25) is 0 Å². The molecule has 0 aliphatic heterocycles. The fourth-order valence-electron chi connectivity index (χ4n) is 2.56. The largest absolute Gasteiger partial charge is 0.479 e. The maximum Gasteiger partial charge on any atom is 0.336 e. The number of carbonyl (C=O) groups is 2. The average Bonchev–Trinajstić information content (AvgIpc) is 2.70. The minimum atomic E-state index is -2.02. The molecule has 158 valence electrons. The minimum Gasteiger partial charge on any atom is -0.479 e. The number of rotatable bonds is 11. The number of hydrogen-bond donors (Lipinski definition) is 2. The van der Waals surface area contributed by atoms with E-state index in [1.54, 1.807) is 0 Å². The van der Waals surface area contributed by atoms with Gasteiger partial charge in [0, 0.05) is 12.1 Å². The monoisotopic (exact) mass is 420 g/mol. The summed E-state index contributed by atoms with van der Waals surface area (Å²) in [5.74, 6) is -3.35. The Morgan fingerprint density at radius 2 is 1.10 bits per heavy atom. The molecule has 0 aliphatic carbocycles. The lowest BCUT2D eigenvalue weighted by molar-refractivity contribution is -0.386. The van der Waals surface area contributed by atoms with Crippen LogP contribution in [-0.2, 0) is 32.3 Å². The van der Waals surface area contributed by atoms with Gasteiger partial charge in [0.15, 0.2) is 12.2 Å². The Morgan fingerprint density at radius 1 is 0.767 bits per heavy atom. The summed E-state index contributed by atoms with van der Waals surface area (Å²) in [6, 6.07) is 10.8. The molecule has 0 saturated carbocycles. The fourth-order valence-corrected chi connectivity index (χ4v) is 2.56. The summed E-state index contributed by atoms with van der Waals surface area (Å²) in [6.45, 7) is -1.13. The van der Waals surface area contributed by atoms with Crippen molar-refractivity contribution in [2.75, 3.05) is 0 Å². The van der Waals surface area contributed by atoms with Gasteiger partial charge in [-0.15, -0.1) is 0 Å². The van der Waals surface area contributed by atoms with Crippen LogP contribution in [0, 0.1) is 20.2 Å². The van der Waals surface area contributed by atoms with Gasteiger partial charge in [-0.05, 0) is 12.1 Å². The highest BCUT2D eigenvalue weighted by Crippen LogP contribution is 2.22. The van der Waals surface area contributed by atoms with Gasteiger partial charge in [-0.2, -0.15) is 0 Å². The highest BCUT2D eigenvalue weighted by molar-refractivity contribution is 5.83. The van der Waals surface area contributed by atoms with Gasteiger partial charge < -0.3 is 19.7 Å². The first kappa shape index (κ1) is 22.4. The third-order valence-corrected chi connectivity index (χ3v) is 3.98. The van der Waals surface area contributed by atoms with Crippen molar-refractivity contribution in [3.63, 3.8) is 0 Å². The molecule has 0 bridgehead atoms. The summed E-state index contributed by atoms with van der Waals surface area (Å²) >= 11 is 0. The molecule has 0 fully saturated rings. The zero-order valence-corrected chi connectivity index (χ0v) is 15.2. The molecule has 2 aromatic carbocycles. The molecule has 0 aromatic heterocycles. The lowest BCUT2D eigenvalue weighted by Crippen LogP contribution is -2.43. The zero-order valence-electron chi connectivity index (χ0n) is 15.2. The lowest BCUT2D eigenvalue weighted by atomic mass is 10.1. The molecule has 0 spiro atoms. The van der Waals surface area contributed by atoms with E-state index in [0.29, 0.717) is 0 Å². The Balaban J connectivity index is 2.19. The SMILES string of the molecule is O=C(O)C(OCc1ccccc1[N+](=O)[O-])C(OCc1ccccc1[N+](=O)[O-])C(=O)O. The third-order valence-electron chi connectivity index (χ3n) is 3.98. The van der Waals surface area contributed by atoms with E-state index in [2.05, 4.69) is 0 Å². The molecule has 2 atom stereocenters. The number of nitrogens with zero attached hydrogens (tertiary/aromatic N) is 2. The summed E-state index contributed by atoms with van der Waals surface area (Å²) in [5.41, 5.74) is -0.572. The van der Waals surface area contributed by atoms with E-state index in [9.17, 15) is 40.0 Å². The van der Waals surface area contributed by atoms with Gasteiger partial charge in [0.2, 0.25) is 0 Å². The van der Waals surface area contributed by atoms with Gasteiger partial charge >= 0.3 is 11.9 Å². The van der Waals surface area contributed by atoms with Gasteiger partial charge in [-0.3, -0.25) is 20.2 Å². The molecule has 12 nitrogen and oxygen atoms in total. The molecule has 0 amide bonds. The quantitative estimate of drug-likeness (QED) is 0.404. The summed E-state index contributed by atoms with van der Waals surface area (Å²) in [6.07, 6.45) is -4.05. The van der Waals surface area contributed by atoms with Crippen molar-refractivity contribution in [1.29, 1.82) is 0 Å². The zero-order chi connectivity index (χ0) is 22.3. The summed E-state index contributed by atoms with van der Waals surface area (Å²) in [7, 11) is 0. The van der Waals surface area contributed by atoms with Crippen LogP contribution in [0.4, 0.5) is 11.4 Å². The highest BCUT2D eigenvalue weighted by atomic mass is 16.6. The Bertz CT molecular complexity index is 884. The third kappa shape index (κ3) is 5.56. The molecule has 0 heterocycles. The Morgan fingerprint density at radius 3 is 1.40 bits per heavy atom. The molecule has 0 radical (unpaired) electrons. The smallest absolute Gasteiger partial charge is 0.336 e. The predicted molar refractivity (Wildman–Crippen MR) is 98.6 cm³/mol. The normalized spacial score (nSPS) is 12.7. The minimum absolute atomic E-state index is 0.0385. The first-order valence-electron chi connectivity index (χ1n) is 8.35. The van der Waals surface area contributed by atoms with Crippen LogP contribution in [0.1, 0.15) is 11.1 Å². The van der Waals surface area contributed by atoms with Gasteiger partial charge in [-0.1, -0.05) is 24.3 Å². The Labute approximate surface area is 168 Å². The summed E-state index contributed by atoms with van der Waals surface area (Å²) < 4.78 is 10.3. The van der Waals surface area contributed by atoms with Crippen LogP contribution in [0.15, 0.2) is 48.5 Å². The van der Waals surface area contributed by atoms with Crippen molar-refractivity contribution in [3.05, 3.63) is 79.9 Å². The van der Waals surface area contributed by atoms with Crippen LogP contribution in [0.25, 0.3) is 0 Å². The Hall–Kier alpha value is -3.90. The number of hydrogen-bond acceptors (Lipinski definition) is 8. The molecule has 2 rings (SSSR count). The van der Waals surface area contributed by atoms with Gasteiger partial charge in [0.25, 0.3) is 11.4 Å². The van der Waals surface area contributed by atoms with Crippen molar-refractivity contribution >= 4 is 23.3 Å². The van der Waals surface area contributed by atoms with E-state index in [4.69, 9.17) is 9.47 Å². The molecular weight excluding hydrogens is 404 g/mol. The Kier molecular flexibility index (Phi) is 7.50. The van der Waals surface area contributed by atoms with Crippen LogP contribution >= 0.6 is 0 Å². The molecule has 2 unspecified atom stereocenters. The van der Waals surface area contributed by atoms with Crippen LogP contribution in [-0.4, -0.2) is 44.2 Å². The van der Waals surface area contributed by atoms with E-state index in [1.165, 1.54) is 48.5 Å². The van der Waals surface area contributed by atoms with E-state index in [0.717, 1.165) is 0 Å². The van der Waals surface area contributed by atoms with E-state index in [-0.39, 0.29) is 22.5 Å². The number of nitro benzene ring substituents is 2. The number of benzene rings is 2. The maximum absolute atomic E-state index is 11.6. The topological polar surface area (TPSA) is 179 Å². The second kappa shape index (κ2) is 10.0. The maximum atomic E-state index is 11.6. The standard InChI is InChI=1S/C18H16N2O10/c21-17(22)15(29-9-11-5-1-3-7-13(11)19(25)26)16(18(23)24)30-10-12-6-2-4-8-14(12)20(27)28/h1-8,15-16H,9-10H2,(H,21,22)(H,23,24). The lowest BCUT2D eigenvalue weighted by Gasteiger charge is -2.21. The van der Waals surface area contributed by atoms with Crippen LogP contribution in [0.3, 0.4) is 0 Å². The van der Waals surface area contributed by atoms with Crippen molar-refractivity contribution in [2.24, 2.45) is 0 Å². The molecule has 2 aromatic rings. The number of carboxylic acids is 2. The summed E-state index contributed by atoms with van der Waals surface area (Å²) in [4.78, 5) is 43.8. The van der Waals surface area contributed by atoms with Crippen molar-refractivity contribution in [3.8, 4) is 0 Å². The number of ether oxygens (including phenoxy) is 2. The second-order valence-electron chi connectivity index (χ2n) is 5.91. The van der Waals surface area contributed by atoms with Crippen LogP contribution < -0.4 is 0 Å². The van der Waals surface area contributed by atoms with Gasteiger partial charge in [-0.25, -0.2) is 9.59 Å². The predicted octanol–water partition coefficient (Wildman–Crippen LogP) is 2.14. The first-order chi connectivity index (χ1) is 14.2. The number of carboxylic acid groups (broad SMARTS) is 2. The van der Waals surface area contributed by atoms with Crippen LogP contribution in [0.5, 0.6) is 0 Å².